The van der Waals surface area contributed by atoms with E-state index in [1.54, 1.807) is 37.3 Å². The quantitative estimate of drug-likeness (QED) is 0.577. The largest absolute Gasteiger partial charge is 0.352 e. The SMILES string of the molecule is CC(C(=O)NCCn1ccc2ccc(F)cc21)n1nnc2ccccc2c1=O. The van der Waals surface area contributed by atoms with E-state index < -0.39 is 6.04 Å². The van der Waals surface area contributed by atoms with Crippen LogP contribution in [0, 0.1) is 5.82 Å². The number of nitrogens with one attached hydrogen (secondary N) is 1. The van der Waals surface area contributed by atoms with Gasteiger partial charge in [-0.05, 0) is 48.7 Å². The normalized spacial score (nSPS) is 12.4. The molecule has 0 aliphatic carbocycles. The van der Waals surface area contributed by atoms with Crippen LogP contribution in [-0.4, -0.2) is 32.0 Å². The molecule has 2 heterocycles. The number of aromatic nitrogens is 4. The molecule has 2 aromatic heterocycles. The minimum absolute atomic E-state index is 0.306. The molecule has 1 N–H and O–H groups in total. The summed E-state index contributed by atoms with van der Waals surface area (Å²) in [5.74, 6) is -0.645. The summed E-state index contributed by atoms with van der Waals surface area (Å²) in [6.45, 7) is 2.41. The third kappa shape index (κ3) is 3.24. The molecule has 1 amide bonds. The standard InChI is InChI=1S/C20H18FN5O2/c1-13(26-20(28)16-4-2-3-5-17(16)23-24-26)19(27)22-9-11-25-10-8-14-6-7-15(21)12-18(14)25/h2-8,10,12-13H,9,11H2,1H3,(H,22,27). The number of carbonyl (C=O) groups is 1. The number of carbonyl (C=O) groups excluding carboxylic acids is 1. The lowest BCUT2D eigenvalue weighted by Gasteiger charge is -2.14. The van der Waals surface area contributed by atoms with E-state index in [4.69, 9.17) is 0 Å². The second-order valence-corrected chi connectivity index (χ2v) is 6.54. The van der Waals surface area contributed by atoms with Crippen molar-refractivity contribution in [2.45, 2.75) is 19.5 Å². The number of nitrogens with zero attached hydrogens (tertiary/aromatic N) is 4. The van der Waals surface area contributed by atoms with Gasteiger partial charge >= 0.3 is 0 Å². The Labute approximate surface area is 159 Å². The van der Waals surface area contributed by atoms with Gasteiger partial charge in [0, 0.05) is 19.3 Å². The van der Waals surface area contributed by atoms with E-state index in [-0.39, 0.29) is 17.3 Å². The Morgan fingerprint density at radius 1 is 1.21 bits per heavy atom. The van der Waals surface area contributed by atoms with Crippen LogP contribution in [0.25, 0.3) is 21.8 Å². The fraction of sp³-hybridized carbons (Fsp3) is 0.200. The average molecular weight is 379 g/mol. The van der Waals surface area contributed by atoms with Crippen LogP contribution in [0.2, 0.25) is 0 Å². The first-order chi connectivity index (χ1) is 13.5. The smallest absolute Gasteiger partial charge is 0.278 e. The zero-order valence-corrected chi connectivity index (χ0v) is 15.2. The summed E-state index contributed by atoms with van der Waals surface area (Å²) in [4.78, 5) is 25.0. The summed E-state index contributed by atoms with van der Waals surface area (Å²) in [6.07, 6.45) is 1.85. The van der Waals surface area contributed by atoms with Gasteiger partial charge in [-0.15, -0.1) is 5.10 Å². The number of fused-ring (bicyclic) bond motifs is 2. The highest BCUT2D eigenvalue weighted by Gasteiger charge is 2.18. The van der Waals surface area contributed by atoms with Gasteiger partial charge in [0.05, 0.1) is 10.9 Å². The molecule has 4 rings (SSSR count). The fourth-order valence-corrected chi connectivity index (χ4v) is 3.17. The van der Waals surface area contributed by atoms with Crippen molar-refractivity contribution in [3.8, 4) is 0 Å². The molecule has 8 heteroatoms. The maximum absolute atomic E-state index is 13.5. The van der Waals surface area contributed by atoms with E-state index in [1.165, 1.54) is 12.1 Å². The molecule has 142 valence electrons. The molecular formula is C20H18FN5O2. The second-order valence-electron chi connectivity index (χ2n) is 6.54. The van der Waals surface area contributed by atoms with Crippen molar-refractivity contribution in [2.75, 3.05) is 6.54 Å². The topological polar surface area (TPSA) is 81.8 Å². The van der Waals surface area contributed by atoms with Gasteiger partial charge in [-0.3, -0.25) is 9.59 Å². The van der Waals surface area contributed by atoms with Gasteiger partial charge in [0.25, 0.3) is 5.56 Å². The highest BCUT2D eigenvalue weighted by molar-refractivity contribution is 5.81. The molecule has 2 aromatic carbocycles. The van der Waals surface area contributed by atoms with Gasteiger partial charge < -0.3 is 9.88 Å². The molecule has 0 saturated carbocycles. The lowest BCUT2D eigenvalue weighted by atomic mass is 10.2. The van der Waals surface area contributed by atoms with E-state index in [9.17, 15) is 14.0 Å². The first-order valence-corrected chi connectivity index (χ1v) is 8.91. The van der Waals surface area contributed by atoms with Crippen LogP contribution in [-0.2, 0) is 11.3 Å². The van der Waals surface area contributed by atoms with Crippen molar-refractivity contribution in [1.82, 2.24) is 24.9 Å². The number of hydrogen-bond donors (Lipinski definition) is 1. The highest BCUT2D eigenvalue weighted by Crippen LogP contribution is 2.16. The van der Waals surface area contributed by atoms with Gasteiger partial charge in [-0.1, -0.05) is 17.3 Å². The Morgan fingerprint density at radius 3 is 2.89 bits per heavy atom. The van der Waals surface area contributed by atoms with Gasteiger partial charge in [0.1, 0.15) is 17.4 Å². The molecule has 1 unspecified atom stereocenters. The number of halogens is 1. The monoisotopic (exact) mass is 379 g/mol. The molecule has 0 radical (unpaired) electrons. The lowest BCUT2D eigenvalue weighted by Crippen LogP contribution is -2.38. The summed E-state index contributed by atoms with van der Waals surface area (Å²) in [6, 6.07) is 12.5. The number of benzene rings is 2. The number of hydrogen-bond acceptors (Lipinski definition) is 4. The molecule has 7 nitrogen and oxygen atoms in total. The summed E-state index contributed by atoms with van der Waals surface area (Å²) in [7, 11) is 0. The minimum Gasteiger partial charge on any atom is -0.352 e. The molecular weight excluding hydrogens is 361 g/mol. The summed E-state index contributed by atoms with van der Waals surface area (Å²) in [5.41, 5.74) is 0.891. The van der Waals surface area contributed by atoms with Crippen molar-refractivity contribution >= 4 is 27.7 Å². The zero-order chi connectivity index (χ0) is 19.7. The lowest BCUT2D eigenvalue weighted by molar-refractivity contribution is -0.124. The Morgan fingerprint density at radius 2 is 2.04 bits per heavy atom. The number of rotatable bonds is 5. The maximum Gasteiger partial charge on any atom is 0.278 e. The summed E-state index contributed by atoms with van der Waals surface area (Å²) in [5, 5.41) is 12.0. The predicted molar refractivity (Wildman–Crippen MR) is 103 cm³/mol. The Kier molecular flexibility index (Phi) is 4.60. The molecule has 0 fully saturated rings. The van der Waals surface area contributed by atoms with Crippen LogP contribution in [0.3, 0.4) is 0 Å². The van der Waals surface area contributed by atoms with Crippen LogP contribution < -0.4 is 10.9 Å². The van der Waals surface area contributed by atoms with Crippen molar-refractivity contribution in [3.63, 3.8) is 0 Å². The van der Waals surface area contributed by atoms with Gasteiger partial charge in [-0.2, -0.15) is 4.68 Å². The molecule has 1 atom stereocenters. The molecule has 4 aromatic rings. The molecule has 0 spiro atoms. The Hall–Kier alpha value is -3.55. The Balaban J connectivity index is 1.45. The third-order valence-corrected chi connectivity index (χ3v) is 4.73. The van der Waals surface area contributed by atoms with Gasteiger partial charge in [0.15, 0.2) is 0 Å². The van der Waals surface area contributed by atoms with Gasteiger partial charge in [-0.25, -0.2) is 4.39 Å². The van der Waals surface area contributed by atoms with Crippen molar-refractivity contribution in [2.24, 2.45) is 0 Å². The van der Waals surface area contributed by atoms with Crippen molar-refractivity contribution in [1.29, 1.82) is 0 Å². The maximum atomic E-state index is 13.5. The molecule has 0 bridgehead atoms. The van der Waals surface area contributed by atoms with Crippen LogP contribution in [0.15, 0.2) is 59.5 Å². The first kappa shape index (κ1) is 17.8. The molecule has 0 aliphatic rings. The van der Waals surface area contributed by atoms with E-state index in [2.05, 4.69) is 15.6 Å². The Bertz CT molecular complexity index is 1230. The van der Waals surface area contributed by atoms with Crippen molar-refractivity contribution in [3.05, 3.63) is 70.9 Å². The predicted octanol–water partition coefficient (Wildman–Crippen LogP) is 2.26. The molecule has 28 heavy (non-hydrogen) atoms. The third-order valence-electron chi connectivity index (χ3n) is 4.73. The zero-order valence-electron chi connectivity index (χ0n) is 15.2. The molecule has 0 saturated heterocycles. The van der Waals surface area contributed by atoms with E-state index in [0.717, 1.165) is 15.6 Å². The van der Waals surface area contributed by atoms with E-state index in [1.807, 2.05) is 16.8 Å². The fourth-order valence-electron chi connectivity index (χ4n) is 3.17. The minimum atomic E-state index is -0.802. The van der Waals surface area contributed by atoms with E-state index in [0.29, 0.717) is 24.0 Å². The first-order valence-electron chi connectivity index (χ1n) is 8.91. The molecule has 0 aliphatic heterocycles. The van der Waals surface area contributed by atoms with Crippen LogP contribution in [0.1, 0.15) is 13.0 Å². The second kappa shape index (κ2) is 7.22. The van der Waals surface area contributed by atoms with Crippen molar-refractivity contribution < 1.29 is 9.18 Å². The van der Waals surface area contributed by atoms with Crippen LogP contribution in [0.4, 0.5) is 4.39 Å². The van der Waals surface area contributed by atoms with Crippen LogP contribution in [0.5, 0.6) is 0 Å². The summed E-state index contributed by atoms with van der Waals surface area (Å²) >= 11 is 0. The number of amides is 1. The average Bonchev–Trinajstić information content (AvgIpc) is 3.10. The summed E-state index contributed by atoms with van der Waals surface area (Å²) < 4.78 is 16.4. The van der Waals surface area contributed by atoms with Gasteiger partial charge in [0.2, 0.25) is 5.91 Å². The van der Waals surface area contributed by atoms with Crippen LogP contribution >= 0.6 is 0 Å². The van der Waals surface area contributed by atoms with E-state index >= 15 is 0 Å². The highest BCUT2D eigenvalue weighted by atomic mass is 19.1.